The van der Waals surface area contributed by atoms with Gasteiger partial charge in [-0.2, -0.15) is 0 Å². The largest absolute Gasteiger partial charge is 0.476 e. The molecule has 0 unspecified atom stereocenters. The number of thiazole rings is 1. The third-order valence-corrected chi connectivity index (χ3v) is 3.02. The summed E-state index contributed by atoms with van der Waals surface area (Å²) in [6.45, 7) is 1.96. The molecule has 4 heteroatoms. The monoisotopic (exact) mass is 219 g/mol. The maximum absolute atomic E-state index is 10.9. The first-order valence-corrected chi connectivity index (χ1v) is 5.31. The van der Waals surface area contributed by atoms with Gasteiger partial charge in [0.2, 0.25) is 0 Å². The van der Waals surface area contributed by atoms with Crippen LogP contribution in [0.25, 0.3) is 10.4 Å². The number of hydrogen-bond donors (Lipinski definition) is 1. The van der Waals surface area contributed by atoms with Gasteiger partial charge in [0.25, 0.3) is 0 Å². The molecule has 1 aromatic heterocycles. The summed E-state index contributed by atoms with van der Waals surface area (Å²) >= 11 is 1.35. The van der Waals surface area contributed by atoms with Crippen molar-refractivity contribution in [1.82, 2.24) is 4.98 Å². The quantitative estimate of drug-likeness (QED) is 0.844. The van der Waals surface area contributed by atoms with Crippen LogP contribution in [-0.4, -0.2) is 16.1 Å². The minimum atomic E-state index is -0.977. The minimum Gasteiger partial charge on any atom is -0.476 e. The Morgan fingerprint density at radius 1 is 1.40 bits per heavy atom. The van der Waals surface area contributed by atoms with Crippen LogP contribution in [0.4, 0.5) is 0 Å². The molecule has 0 fully saturated rings. The second-order valence-corrected chi connectivity index (χ2v) is 4.00. The second kappa shape index (κ2) is 3.82. The molecule has 1 heterocycles. The molecule has 0 amide bonds. The Morgan fingerprint density at radius 2 is 2.13 bits per heavy atom. The molecule has 0 aliphatic heterocycles. The van der Waals surface area contributed by atoms with Gasteiger partial charge in [0.1, 0.15) is 0 Å². The van der Waals surface area contributed by atoms with Gasteiger partial charge >= 0.3 is 5.97 Å². The molecule has 15 heavy (non-hydrogen) atoms. The fraction of sp³-hybridized carbons (Fsp3) is 0.0909. The van der Waals surface area contributed by atoms with Crippen molar-refractivity contribution in [2.24, 2.45) is 0 Å². The van der Waals surface area contributed by atoms with Crippen LogP contribution in [0.2, 0.25) is 0 Å². The molecule has 0 aliphatic carbocycles. The van der Waals surface area contributed by atoms with Crippen LogP contribution in [0.3, 0.4) is 0 Å². The van der Waals surface area contributed by atoms with Crippen LogP contribution in [-0.2, 0) is 0 Å². The van der Waals surface area contributed by atoms with E-state index in [2.05, 4.69) is 4.98 Å². The standard InChI is InChI=1S/C11H9NO2S/c1-7-4-2-3-5-8(7)10-9(11(13)14)12-6-15-10/h2-6H,1H3,(H,13,14). The highest BCUT2D eigenvalue weighted by Crippen LogP contribution is 2.29. The molecule has 76 valence electrons. The summed E-state index contributed by atoms with van der Waals surface area (Å²) < 4.78 is 0. The zero-order valence-electron chi connectivity index (χ0n) is 8.10. The molecule has 0 bridgehead atoms. The fourth-order valence-electron chi connectivity index (χ4n) is 1.42. The van der Waals surface area contributed by atoms with E-state index in [9.17, 15) is 4.79 Å². The van der Waals surface area contributed by atoms with E-state index in [0.29, 0.717) is 0 Å². The van der Waals surface area contributed by atoms with E-state index in [-0.39, 0.29) is 5.69 Å². The molecule has 0 spiro atoms. The van der Waals surface area contributed by atoms with Gasteiger partial charge in [0.15, 0.2) is 5.69 Å². The normalized spacial score (nSPS) is 10.2. The van der Waals surface area contributed by atoms with Gasteiger partial charge in [0, 0.05) is 0 Å². The Morgan fingerprint density at radius 3 is 2.80 bits per heavy atom. The average molecular weight is 219 g/mol. The van der Waals surface area contributed by atoms with Crippen LogP contribution in [0.15, 0.2) is 29.8 Å². The van der Waals surface area contributed by atoms with E-state index >= 15 is 0 Å². The van der Waals surface area contributed by atoms with Crippen molar-refractivity contribution in [3.05, 3.63) is 41.0 Å². The Kier molecular flexibility index (Phi) is 2.51. The maximum Gasteiger partial charge on any atom is 0.356 e. The highest BCUT2D eigenvalue weighted by molar-refractivity contribution is 7.13. The van der Waals surface area contributed by atoms with Crippen molar-refractivity contribution in [2.45, 2.75) is 6.92 Å². The van der Waals surface area contributed by atoms with E-state index in [4.69, 9.17) is 5.11 Å². The summed E-state index contributed by atoms with van der Waals surface area (Å²) in [5, 5.41) is 8.95. The average Bonchev–Trinajstić information content (AvgIpc) is 2.67. The maximum atomic E-state index is 10.9. The zero-order valence-corrected chi connectivity index (χ0v) is 8.91. The number of carbonyl (C=O) groups is 1. The molecule has 1 N–H and O–H groups in total. The first kappa shape index (κ1) is 9.86. The predicted octanol–water partition coefficient (Wildman–Crippen LogP) is 2.82. The van der Waals surface area contributed by atoms with E-state index in [0.717, 1.165) is 16.0 Å². The van der Waals surface area contributed by atoms with Gasteiger partial charge in [-0.15, -0.1) is 11.3 Å². The molecule has 0 radical (unpaired) electrons. The lowest BCUT2D eigenvalue weighted by molar-refractivity contribution is 0.0692. The van der Waals surface area contributed by atoms with Crippen LogP contribution in [0.5, 0.6) is 0 Å². The summed E-state index contributed by atoms with van der Waals surface area (Å²) in [6.07, 6.45) is 0. The highest BCUT2D eigenvalue weighted by atomic mass is 32.1. The van der Waals surface area contributed by atoms with Crippen molar-refractivity contribution in [2.75, 3.05) is 0 Å². The Hall–Kier alpha value is -1.68. The lowest BCUT2D eigenvalue weighted by Gasteiger charge is -2.02. The van der Waals surface area contributed by atoms with Crippen molar-refractivity contribution < 1.29 is 9.90 Å². The molecule has 1 aromatic carbocycles. The lowest BCUT2D eigenvalue weighted by Crippen LogP contribution is -1.98. The molecule has 0 aliphatic rings. The van der Waals surface area contributed by atoms with Crippen molar-refractivity contribution in [3.8, 4) is 10.4 Å². The summed E-state index contributed by atoms with van der Waals surface area (Å²) in [7, 11) is 0. The van der Waals surface area contributed by atoms with Crippen molar-refractivity contribution in [1.29, 1.82) is 0 Å². The summed E-state index contributed by atoms with van der Waals surface area (Å²) in [5.41, 5.74) is 3.70. The van der Waals surface area contributed by atoms with E-state index in [1.54, 1.807) is 5.51 Å². The van der Waals surface area contributed by atoms with Gasteiger partial charge in [-0.25, -0.2) is 9.78 Å². The summed E-state index contributed by atoms with van der Waals surface area (Å²) in [4.78, 5) is 15.5. The van der Waals surface area contributed by atoms with E-state index in [1.807, 2.05) is 31.2 Å². The number of hydrogen-bond acceptors (Lipinski definition) is 3. The van der Waals surface area contributed by atoms with Crippen molar-refractivity contribution >= 4 is 17.3 Å². The van der Waals surface area contributed by atoms with Gasteiger partial charge in [0.05, 0.1) is 10.4 Å². The molecule has 2 aromatic rings. The molecule has 0 saturated heterocycles. The van der Waals surface area contributed by atoms with E-state index < -0.39 is 5.97 Å². The van der Waals surface area contributed by atoms with Gasteiger partial charge in [-0.05, 0) is 18.1 Å². The molecule has 0 atom stereocenters. The topological polar surface area (TPSA) is 50.2 Å². The number of benzene rings is 1. The third kappa shape index (κ3) is 1.76. The SMILES string of the molecule is Cc1ccccc1-c1scnc1C(=O)O. The Labute approximate surface area is 91.0 Å². The van der Waals surface area contributed by atoms with Gasteiger partial charge in [-0.3, -0.25) is 0 Å². The number of nitrogens with zero attached hydrogens (tertiary/aromatic N) is 1. The third-order valence-electron chi connectivity index (χ3n) is 2.16. The van der Waals surface area contributed by atoms with Gasteiger partial charge in [-0.1, -0.05) is 24.3 Å². The first-order valence-electron chi connectivity index (χ1n) is 4.43. The van der Waals surface area contributed by atoms with Crippen LogP contribution >= 0.6 is 11.3 Å². The fourth-order valence-corrected chi connectivity index (χ4v) is 2.29. The Bertz CT molecular complexity index is 505. The highest BCUT2D eigenvalue weighted by Gasteiger charge is 2.15. The number of carboxylic acid groups (broad SMARTS) is 1. The molecule has 3 nitrogen and oxygen atoms in total. The number of aromatic carboxylic acids is 1. The van der Waals surface area contributed by atoms with Crippen LogP contribution < -0.4 is 0 Å². The molecular formula is C11H9NO2S. The molecule has 0 saturated carbocycles. The number of aryl methyl sites for hydroxylation is 1. The number of rotatable bonds is 2. The predicted molar refractivity (Wildman–Crippen MR) is 59.2 cm³/mol. The van der Waals surface area contributed by atoms with Gasteiger partial charge < -0.3 is 5.11 Å². The summed E-state index contributed by atoms with van der Waals surface area (Å²) in [5.74, 6) is -0.977. The van der Waals surface area contributed by atoms with E-state index in [1.165, 1.54) is 11.3 Å². The van der Waals surface area contributed by atoms with Crippen molar-refractivity contribution in [3.63, 3.8) is 0 Å². The lowest BCUT2D eigenvalue weighted by atomic mass is 10.1. The summed E-state index contributed by atoms with van der Waals surface area (Å²) in [6, 6.07) is 7.70. The first-order chi connectivity index (χ1) is 7.20. The second-order valence-electron chi connectivity index (χ2n) is 3.15. The number of aromatic nitrogens is 1. The zero-order chi connectivity index (χ0) is 10.8. The molecule has 2 rings (SSSR count). The minimum absolute atomic E-state index is 0.134. The van der Waals surface area contributed by atoms with Crippen LogP contribution in [0.1, 0.15) is 16.1 Å². The van der Waals surface area contributed by atoms with Crippen LogP contribution in [0, 0.1) is 6.92 Å². The Balaban J connectivity index is 2.59. The smallest absolute Gasteiger partial charge is 0.356 e. The number of carboxylic acids is 1. The molecular weight excluding hydrogens is 210 g/mol.